The smallest absolute Gasteiger partial charge is 0.240 e. The van der Waals surface area contributed by atoms with E-state index in [4.69, 9.17) is 10.00 Å². The third kappa shape index (κ3) is 4.12. The summed E-state index contributed by atoms with van der Waals surface area (Å²) in [4.78, 5) is 15.0. The number of aryl methyl sites for hydroxylation is 1. The predicted octanol–water partition coefficient (Wildman–Crippen LogP) is 4.63. The SMILES string of the molecule is COc1ccc2c(C)cc3nnc(SC(C)C(=O)N(CCC#N)c4ccccc4)n3c2c1. The average molecular weight is 446 g/mol. The van der Waals surface area contributed by atoms with Gasteiger partial charge in [-0.05, 0) is 49.7 Å². The molecule has 4 aromatic rings. The molecule has 0 spiro atoms. The number of anilines is 1. The van der Waals surface area contributed by atoms with Crippen molar-refractivity contribution in [3.8, 4) is 11.8 Å². The normalized spacial score (nSPS) is 11.9. The Hall–Kier alpha value is -3.57. The minimum Gasteiger partial charge on any atom is -0.497 e. The summed E-state index contributed by atoms with van der Waals surface area (Å²) < 4.78 is 7.38. The Balaban J connectivity index is 1.70. The number of pyridine rings is 1. The minimum absolute atomic E-state index is 0.0813. The van der Waals surface area contributed by atoms with E-state index >= 15 is 0 Å². The third-order valence-corrected chi connectivity index (χ3v) is 6.32. The van der Waals surface area contributed by atoms with E-state index < -0.39 is 5.25 Å². The van der Waals surface area contributed by atoms with Crippen LogP contribution < -0.4 is 9.64 Å². The van der Waals surface area contributed by atoms with Crippen LogP contribution in [0.3, 0.4) is 0 Å². The van der Waals surface area contributed by atoms with Gasteiger partial charge in [-0.3, -0.25) is 9.20 Å². The predicted molar refractivity (Wildman–Crippen MR) is 126 cm³/mol. The van der Waals surface area contributed by atoms with Crippen molar-refractivity contribution in [1.29, 1.82) is 5.26 Å². The Morgan fingerprint density at radius 3 is 2.72 bits per heavy atom. The first-order chi connectivity index (χ1) is 15.5. The maximum atomic E-state index is 13.3. The van der Waals surface area contributed by atoms with E-state index in [-0.39, 0.29) is 12.3 Å². The van der Waals surface area contributed by atoms with E-state index in [1.165, 1.54) is 11.8 Å². The second kappa shape index (κ2) is 9.28. The number of para-hydroxylation sites is 1. The number of ether oxygens (including phenoxy) is 1. The van der Waals surface area contributed by atoms with Crippen LogP contribution in [0.25, 0.3) is 16.6 Å². The molecule has 2 aromatic carbocycles. The van der Waals surface area contributed by atoms with Crippen molar-refractivity contribution in [3.63, 3.8) is 0 Å². The zero-order valence-electron chi connectivity index (χ0n) is 18.1. The number of nitriles is 1. The Bertz CT molecular complexity index is 1310. The number of hydrogen-bond donors (Lipinski definition) is 0. The van der Waals surface area contributed by atoms with E-state index in [0.29, 0.717) is 11.7 Å². The van der Waals surface area contributed by atoms with E-state index in [1.807, 2.05) is 72.8 Å². The van der Waals surface area contributed by atoms with Crippen molar-refractivity contribution in [1.82, 2.24) is 14.6 Å². The first-order valence-electron chi connectivity index (χ1n) is 10.3. The maximum Gasteiger partial charge on any atom is 0.240 e. The van der Waals surface area contributed by atoms with Crippen LogP contribution in [0.5, 0.6) is 5.75 Å². The fourth-order valence-corrected chi connectivity index (χ4v) is 4.60. The standard InChI is InChI=1S/C24H23N5O2S/c1-16-14-22-26-27-24(29(22)21-15-19(31-3)10-11-20(16)21)32-17(2)23(30)28(13-7-12-25)18-8-5-4-6-9-18/h4-6,8-11,14-15,17H,7,13H2,1-3H3. The lowest BCUT2D eigenvalue weighted by molar-refractivity contribution is -0.117. The topological polar surface area (TPSA) is 83.5 Å². The van der Waals surface area contributed by atoms with E-state index in [2.05, 4.69) is 16.3 Å². The van der Waals surface area contributed by atoms with Gasteiger partial charge < -0.3 is 9.64 Å². The molecule has 0 bridgehead atoms. The van der Waals surface area contributed by atoms with Crippen LogP contribution >= 0.6 is 11.8 Å². The van der Waals surface area contributed by atoms with Gasteiger partial charge in [-0.1, -0.05) is 30.0 Å². The zero-order valence-corrected chi connectivity index (χ0v) is 19.0. The third-order valence-electron chi connectivity index (χ3n) is 5.29. The molecule has 0 radical (unpaired) electrons. The summed E-state index contributed by atoms with van der Waals surface area (Å²) in [6.07, 6.45) is 0.260. The number of hydrogen-bond acceptors (Lipinski definition) is 6. The highest BCUT2D eigenvalue weighted by Gasteiger charge is 2.25. The van der Waals surface area contributed by atoms with Crippen molar-refractivity contribution in [2.75, 3.05) is 18.6 Å². The highest BCUT2D eigenvalue weighted by molar-refractivity contribution is 8.00. The monoisotopic (exact) mass is 445 g/mol. The number of amides is 1. The molecule has 0 N–H and O–H groups in total. The van der Waals surface area contributed by atoms with Gasteiger partial charge in [0.25, 0.3) is 0 Å². The average Bonchev–Trinajstić information content (AvgIpc) is 3.21. The first-order valence-corrected chi connectivity index (χ1v) is 11.1. The zero-order chi connectivity index (χ0) is 22.7. The molecule has 162 valence electrons. The van der Waals surface area contributed by atoms with E-state index in [0.717, 1.165) is 33.6 Å². The molecular weight excluding hydrogens is 422 g/mol. The van der Waals surface area contributed by atoms with Crippen molar-refractivity contribution in [2.24, 2.45) is 0 Å². The summed E-state index contributed by atoms with van der Waals surface area (Å²) in [6, 6.07) is 19.4. The first kappa shape index (κ1) is 21.7. The minimum atomic E-state index is -0.428. The van der Waals surface area contributed by atoms with Gasteiger partial charge >= 0.3 is 0 Å². The highest BCUT2D eigenvalue weighted by atomic mass is 32.2. The van der Waals surface area contributed by atoms with Gasteiger partial charge in [-0.15, -0.1) is 10.2 Å². The van der Waals surface area contributed by atoms with Crippen molar-refractivity contribution in [3.05, 3.63) is 60.2 Å². The van der Waals surface area contributed by atoms with Crippen molar-refractivity contribution < 1.29 is 9.53 Å². The number of thioether (sulfide) groups is 1. The number of methoxy groups -OCH3 is 1. The molecule has 1 unspecified atom stereocenters. The Labute approximate surface area is 190 Å². The second-order valence-corrected chi connectivity index (χ2v) is 8.69. The summed E-state index contributed by atoms with van der Waals surface area (Å²) >= 11 is 1.35. The van der Waals surface area contributed by atoms with Gasteiger partial charge in [0, 0.05) is 23.7 Å². The number of aromatic nitrogens is 3. The fraction of sp³-hybridized carbons (Fsp3) is 0.250. The lowest BCUT2D eigenvalue weighted by atomic mass is 10.1. The number of fused-ring (bicyclic) bond motifs is 3. The van der Waals surface area contributed by atoms with Crippen LogP contribution in [0, 0.1) is 18.3 Å². The molecule has 0 saturated heterocycles. The Morgan fingerprint density at radius 2 is 2.00 bits per heavy atom. The van der Waals surface area contributed by atoms with Crippen molar-refractivity contribution >= 4 is 39.9 Å². The highest BCUT2D eigenvalue weighted by Crippen LogP contribution is 2.31. The Morgan fingerprint density at radius 1 is 1.22 bits per heavy atom. The number of carbonyl (C=O) groups is 1. The van der Waals surface area contributed by atoms with Crippen LogP contribution in [0.15, 0.2) is 59.8 Å². The Kier molecular flexibility index (Phi) is 6.28. The molecule has 0 fully saturated rings. The van der Waals surface area contributed by atoms with Gasteiger partial charge in [0.1, 0.15) is 5.75 Å². The molecule has 1 atom stereocenters. The maximum absolute atomic E-state index is 13.3. The van der Waals surface area contributed by atoms with Gasteiger partial charge in [-0.2, -0.15) is 5.26 Å². The molecule has 0 aliphatic heterocycles. The lowest BCUT2D eigenvalue weighted by Crippen LogP contribution is -2.37. The number of rotatable bonds is 7. The second-order valence-electron chi connectivity index (χ2n) is 7.38. The van der Waals surface area contributed by atoms with Crippen LogP contribution in [0.2, 0.25) is 0 Å². The molecule has 0 aliphatic rings. The van der Waals surface area contributed by atoms with E-state index in [9.17, 15) is 4.79 Å². The van der Waals surface area contributed by atoms with Crippen LogP contribution in [-0.2, 0) is 4.79 Å². The van der Waals surface area contributed by atoms with E-state index in [1.54, 1.807) is 12.0 Å². The molecule has 0 saturated carbocycles. The molecule has 4 rings (SSSR count). The van der Waals surface area contributed by atoms with Crippen LogP contribution in [0.1, 0.15) is 18.9 Å². The molecule has 7 nitrogen and oxygen atoms in total. The molecule has 2 heterocycles. The summed E-state index contributed by atoms with van der Waals surface area (Å²) in [5, 5.41) is 19.0. The molecule has 32 heavy (non-hydrogen) atoms. The van der Waals surface area contributed by atoms with Crippen LogP contribution in [-0.4, -0.2) is 39.4 Å². The molecule has 1 amide bonds. The van der Waals surface area contributed by atoms with Crippen molar-refractivity contribution in [2.45, 2.75) is 30.7 Å². The largest absolute Gasteiger partial charge is 0.497 e. The molecule has 2 aromatic heterocycles. The fourth-order valence-electron chi connectivity index (χ4n) is 3.67. The number of carbonyl (C=O) groups excluding carboxylic acids is 1. The van der Waals surface area contributed by atoms with Gasteiger partial charge in [-0.25, -0.2) is 0 Å². The lowest BCUT2D eigenvalue weighted by Gasteiger charge is -2.24. The molecule has 0 aliphatic carbocycles. The molecular formula is C24H23N5O2S. The summed E-state index contributed by atoms with van der Waals surface area (Å²) in [5.41, 5.74) is 3.51. The quantitative estimate of drug-likeness (QED) is 0.386. The number of nitrogens with zero attached hydrogens (tertiary/aromatic N) is 5. The summed E-state index contributed by atoms with van der Waals surface area (Å²) in [5.74, 6) is 0.659. The summed E-state index contributed by atoms with van der Waals surface area (Å²) in [7, 11) is 1.64. The van der Waals surface area contributed by atoms with Crippen LogP contribution in [0.4, 0.5) is 5.69 Å². The van der Waals surface area contributed by atoms with Gasteiger partial charge in [0.15, 0.2) is 10.8 Å². The summed E-state index contributed by atoms with van der Waals surface area (Å²) in [6.45, 7) is 4.23. The number of benzene rings is 2. The van der Waals surface area contributed by atoms with Gasteiger partial charge in [0.2, 0.25) is 5.91 Å². The molecule has 8 heteroatoms. The van der Waals surface area contributed by atoms with Gasteiger partial charge in [0.05, 0.1) is 30.4 Å².